The topological polar surface area (TPSA) is 261 Å². The van der Waals surface area contributed by atoms with Crippen LogP contribution in [0.15, 0.2) is 164 Å². The number of thiazole rings is 2. The minimum absolute atomic E-state index is 0.206. The summed E-state index contributed by atoms with van der Waals surface area (Å²) in [6, 6.07) is 53.2. The number of piperazine rings is 1. The number of ether oxygens (including phenoxy) is 4. The van der Waals surface area contributed by atoms with E-state index in [0.29, 0.717) is 120 Å². The number of benzene rings is 7. The molecule has 7 aromatic carbocycles. The molecule has 0 aliphatic carbocycles. The van der Waals surface area contributed by atoms with Crippen LogP contribution in [0.25, 0.3) is 53.6 Å². The summed E-state index contributed by atoms with van der Waals surface area (Å²) in [5.74, 6) is 1.43. The van der Waals surface area contributed by atoms with Gasteiger partial charge in [0.05, 0.1) is 43.4 Å². The zero-order valence-corrected chi connectivity index (χ0v) is 72.7. The second kappa shape index (κ2) is 36.2. The largest absolute Gasteiger partial charge is 0.492 e. The Hall–Kier alpha value is -11.7. The average Bonchev–Trinajstić information content (AvgIpc) is 1.53. The predicted octanol–water partition coefficient (Wildman–Crippen LogP) is 16.8. The molecule has 12 aromatic rings. The molecule has 3 fully saturated rings. The molecule has 0 saturated carbocycles. The molecular formula is C95H101ClN14O10S2. The van der Waals surface area contributed by atoms with Crippen molar-refractivity contribution < 1.29 is 47.7 Å². The monoisotopic (exact) mass is 1700 g/mol. The van der Waals surface area contributed by atoms with E-state index in [9.17, 15) is 28.8 Å². The zero-order valence-electron chi connectivity index (χ0n) is 70.3. The van der Waals surface area contributed by atoms with Gasteiger partial charge in [0.2, 0.25) is 11.8 Å². The molecule has 27 heteroatoms. The number of hydrogen-bond donors (Lipinski definition) is 3. The van der Waals surface area contributed by atoms with Crippen LogP contribution in [0.4, 0.5) is 27.6 Å². The Labute approximate surface area is 722 Å². The third kappa shape index (κ3) is 19.0. The number of carbonyl (C=O) groups excluding carboxylic acids is 6. The van der Waals surface area contributed by atoms with Gasteiger partial charge < -0.3 is 38.5 Å². The van der Waals surface area contributed by atoms with Gasteiger partial charge in [-0.15, -0.1) is 11.6 Å². The van der Waals surface area contributed by atoms with Gasteiger partial charge in [-0.2, -0.15) is 5.10 Å². The van der Waals surface area contributed by atoms with Crippen LogP contribution in [0.3, 0.4) is 0 Å². The number of imide groups is 1. The number of aromatic nitrogens is 6. The molecule has 0 spiro atoms. The summed E-state index contributed by atoms with van der Waals surface area (Å²) in [5.41, 5.74) is 13.7. The molecule has 3 N–H and O–H groups in total. The molecule has 630 valence electrons. The highest BCUT2D eigenvalue weighted by Gasteiger charge is 2.35. The quantitative estimate of drug-likeness (QED) is 0.0343. The molecule has 3 saturated heterocycles. The number of fused-ring (bicyclic) bond motifs is 5. The number of piperidine rings is 2. The van der Waals surface area contributed by atoms with Crippen molar-refractivity contribution in [3.8, 4) is 33.8 Å². The number of anilines is 5. The summed E-state index contributed by atoms with van der Waals surface area (Å²) in [6.07, 6.45) is 4.54. The number of esters is 2. The first-order valence-corrected chi connectivity index (χ1v) is 44.0. The fraction of sp³-hybridized carbons (Fsp3) is 0.358. The van der Waals surface area contributed by atoms with E-state index in [-0.39, 0.29) is 35.0 Å². The summed E-state index contributed by atoms with van der Waals surface area (Å²) < 4.78 is 28.1. The van der Waals surface area contributed by atoms with Crippen molar-refractivity contribution in [3.63, 3.8) is 0 Å². The minimum Gasteiger partial charge on any atom is -0.492 e. The zero-order chi connectivity index (χ0) is 85.1. The van der Waals surface area contributed by atoms with Crippen LogP contribution in [-0.2, 0) is 52.0 Å². The van der Waals surface area contributed by atoms with Crippen LogP contribution in [0.1, 0.15) is 154 Å². The Bertz CT molecular complexity index is 5910. The van der Waals surface area contributed by atoms with E-state index in [1.807, 2.05) is 201 Å². The molecule has 5 aliphatic heterocycles. The van der Waals surface area contributed by atoms with Crippen molar-refractivity contribution in [2.45, 2.75) is 124 Å². The molecule has 17 rings (SSSR count). The van der Waals surface area contributed by atoms with Gasteiger partial charge in [0.1, 0.15) is 47.6 Å². The third-order valence-corrected chi connectivity index (χ3v) is 25.3. The molecule has 10 heterocycles. The van der Waals surface area contributed by atoms with Crippen LogP contribution >= 0.6 is 34.3 Å². The third-order valence-electron chi connectivity index (χ3n) is 23.2. The van der Waals surface area contributed by atoms with E-state index in [4.69, 9.17) is 45.6 Å². The van der Waals surface area contributed by atoms with Crippen LogP contribution in [0.5, 0.6) is 11.5 Å². The number of pyridine rings is 2. The van der Waals surface area contributed by atoms with E-state index < -0.39 is 29.1 Å². The molecular weight excluding hydrogens is 1600 g/mol. The van der Waals surface area contributed by atoms with Gasteiger partial charge in [-0.25, -0.2) is 29.5 Å². The fourth-order valence-corrected chi connectivity index (χ4v) is 18.8. The van der Waals surface area contributed by atoms with E-state index in [2.05, 4.69) is 80.7 Å². The Kier molecular flexibility index (Phi) is 24.9. The smallest absolute Gasteiger partial charge is 0.358 e. The van der Waals surface area contributed by atoms with Crippen molar-refractivity contribution >= 4 is 129 Å². The summed E-state index contributed by atoms with van der Waals surface area (Å²) in [7, 11) is 1.92. The Morgan fingerprint density at radius 2 is 1.04 bits per heavy atom. The Balaban J connectivity index is 0.000000205. The highest BCUT2D eigenvalue weighted by atomic mass is 35.5. The number of para-hydroxylation sites is 2. The molecule has 0 bridgehead atoms. The normalized spacial score (nSPS) is 16.1. The van der Waals surface area contributed by atoms with Crippen molar-refractivity contribution in [3.05, 3.63) is 225 Å². The molecule has 122 heavy (non-hydrogen) atoms. The lowest BCUT2D eigenvalue weighted by atomic mass is 9.92. The van der Waals surface area contributed by atoms with Crippen LogP contribution in [0.2, 0.25) is 0 Å². The number of aryl methyl sites for hydroxylation is 1. The molecule has 5 aromatic heterocycles. The molecule has 1 atom stereocenters. The van der Waals surface area contributed by atoms with Gasteiger partial charge in [-0.3, -0.25) is 44.7 Å². The Morgan fingerprint density at radius 3 is 1.55 bits per heavy atom. The van der Waals surface area contributed by atoms with Gasteiger partial charge in [0.15, 0.2) is 21.7 Å². The molecule has 24 nitrogen and oxygen atoms in total. The number of amides is 4. The van der Waals surface area contributed by atoms with E-state index in [1.54, 1.807) is 0 Å². The molecule has 0 radical (unpaired) electrons. The lowest BCUT2D eigenvalue weighted by Gasteiger charge is -2.39. The molecule has 5 aliphatic rings. The van der Waals surface area contributed by atoms with Crippen molar-refractivity contribution in [2.75, 3.05) is 110 Å². The van der Waals surface area contributed by atoms with Gasteiger partial charge >= 0.3 is 11.9 Å². The van der Waals surface area contributed by atoms with Gasteiger partial charge in [-0.05, 0) is 229 Å². The predicted molar refractivity (Wildman–Crippen MR) is 482 cm³/mol. The second-order valence-electron chi connectivity index (χ2n) is 33.8. The van der Waals surface area contributed by atoms with Crippen molar-refractivity contribution in [1.29, 1.82) is 0 Å². The summed E-state index contributed by atoms with van der Waals surface area (Å²) in [4.78, 5) is 110. The maximum Gasteiger partial charge on any atom is 0.358 e. The molecule has 4 amide bonds. The van der Waals surface area contributed by atoms with Crippen LogP contribution in [-0.4, -0.2) is 171 Å². The standard InChI is InChI=1S/C59H66N10O6S.C36H35ClN4O4S/c1-37-41(42-18-20-51(61-54(42)57(73)75-59(2,3)4)69-27-24-39-10-8-12-43(46(39)36-69)55(71)63-58-60-47-13-6-7-15-50(47)76-58)11-9-14-49(37)74-33-32-66-28-30-67(31-29-66)35-38-22-25-68(26-23-38)40-16-17-44-48(34-40)65(5)64-53(44)45-19-21-52(70)62-56(45)72;1-22-24(10-8-13-29(22)44-20-18-37)25-15-16-31(39-32(25)34(43)45-36(2,3)4)41-19-17-23-9-7-11-26(27(23)21-41)33(42)40-35-38-28-12-5-6-14-30(28)46-35/h6-18,20,34,38,45H,19,21-33,35-36H2,1-5H3,(H,60,63,71)(H,62,70,72);5-16H,17-21H2,1-4H3,(H,38,40,42). The van der Waals surface area contributed by atoms with Crippen LogP contribution < -0.4 is 40.1 Å². The Morgan fingerprint density at radius 1 is 0.533 bits per heavy atom. The first-order valence-electron chi connectivity index (χ1n) is 41.9. The SMILES string of the molecule is Cc1c(OCCCl)cccc1-c1ccc(N2CCc3cccc(C(=O)Nc4nc5ccccc5s4)c3C2)nc1C(=O)OC(C)(C)C.Cc1c(OCCN2CCN(CC3CCN(c4ccc5c(C6CCC(=O)NC6=O)nn(C)c5c4)CC3)CC2)cccc1-c1ccc(N2CCc3cccc(C(=O)Nc4nc5ccccc5s4)c3C2)nc1C(=O)OC(C)(C)C. The van der Waals surface area contributed by atoms with Gasteiger partial charge in [0.25, 0.3) is 11.8 Å². The number of alkyl halides is 1. The second-order valence-corrected chi connectivity index (χ2v) is 36.2. The van der Waals surface area contributed by atoms with Gasteiger partial charge in [0, 0.05) is 125 Å². The highest BCUT2D eigenvalue weighted by molar-refractivity contribution is 7.22. The highest BCUT2D eigenvalue weighted by Crippen LogP contribution is 2.41. The van der Waals surface area contributed by atoms with Crippen molar-refractivity contribution in [1.82, 2.24) is 44.8 Å². The molecule has 1 unspecified atom stereocenters. The number of carbonyl (C=O) groups is 6. The van der Waals surface area contributed by atoms with E-state index in [1.165, 1.54) is 28.4 Å². The number of rotatable bonds is 21. The lowest BCUT2D eigenvalue weighted by Crippen LogP contribution is -2.49. The fourth-order valence-electron chi connectivity index (χ4n) is 17.0. The summed E-state index contributed by atoms with van der Waals surface area (Å²) in [6.45, 7) is 26.2. The maximum atomic E-state index is 14.1. The minimum atomic E-state index is -0.737. The van der Waals surface area contributed by atoms with Crippen LogP contribution in [0, 0.1) is 19.8 Å². The summed E-state index contributed by atoms with van der Waals surface area (Å²) in [5, 5.41) is 15.3. The number of hydrogen-bond acceptors (Lipinski definition) is 22. The van der Waals surface area contributed by atoms with Crippen molar-refractivity contribution in [2.24, 2.45) is 13.0 Å². The number of halogens is 1. The van der Waals surface area contributed by atoms with E-state index in [0.717, 1.165) is 159 Å². The lowest BCUT2D eigenvalue weighted by molar-refractivity contribution is -0.134. The van der Waals surface area contributed by atoms with Gasteiger partial charge in [-0.1, -0.05) is 95.5 Å². The maximum absolute atomic E-state index is 14.1. The first kappa shape index (κ1) is 83.9. The summed E-state index contributed by atoms with van der Waals surface area (Å²) >= 11 is 8.76. The average molecular weight is 1700 g/mol. The van der Waals surface area contributed by atoms with E-state index >= 15 is 0 Å². The number of nitrogens with one attached hydrogen (secondary N) is 3. The first-order chi connectivity index (χ1) is 58.8. The number of nitrogens with zero attached hydrogens (tertiary/aromatic N) is 11.